The summed E-state index contributed by atoms with van der Waals surface area (Å²) in [6.07, 6.45) is 0. The van der Waals surface area contributed by atoms with Crippen molar-refractivity contribution in [1.82, 2.24) is 0 Å². The normalized spacial score (nSPS) is 17.0. The molecule has 2 unspecified atom stereocenters. The molecule has 4 aromatic rings. The van der Waals surface area contributed by atoms with Crippen molar-refractivity contribution >= 4 is 10.8 Å². The van der Waals surface area contributed by atoms with Gasteiger partial charge < -0.3 is 39.9 Å². The smallest absolute Gasteiger partial charge is 0.205 e. The highest BCUT2D eigenvalue weighted by Crippen LogP contribution is 2.53. The molecule has 4 N–H and O–H groups in total. The molecule has 0 fully saturated rings. The maximum absolute atomic E-state index is 10.2. The standard InChI is InChI=1S/C34H28N4O6/c1-39-25-9-5-7-19(31(25)41-3)27-21-13-11-18-17(29(21)43-33(37)23(27)15-35)12-14-22-28(24(16-36)34(38)44-30(18)22)20-8-6-10-26(40-2)32(20)42-4/h5-14,27-28H,37-38H2,1-4H3. The summed E-state index contributed by atoms with van der Waals surface area (Å²) in [4.78, 5) is 0. The van der Waals surface area contributed by atoms with Gasteiger partial charge in [0, 0.05) is 33.0 Å². The number of methoxy groups -OCH3 is 4. The van der Waals surface area contributed by atoms with Crippen LogP contribution in [-0.4, -0.2) is 28.4 Å². The molecule has 0 aliphatic carbocycles. The first-order chi connectivity index (χ1) is 21.4. The third-order valence-electron chi connectivity index (χ3n) is 8.05. The minimum atomic E-state index is -0.598. The average molecular weight is 589 g/mol. The molecule has 4 aromatic carbocycles. The first-order valence-corrected chi connectivity index (χ1v) is 13.6. The Bertz CT molecular complexity index is 1840. The van der Waals surface area contributed by atoms with Crippen LogP contribution >= 0.6 is 0 Å². The lowest BCUT2D eigenvalue weighted by Crippen LogP contribution is -2.23. The monoisotopic (exact) mass is 588 g/mol. The maximum atomic E-state index is 10.2. The van der Waals surface area contributed by atoms with Crippen molar-refractivity contribution in [1.29, 1.82) is 10.5 Å². The van der Waals surface area contributed by atoms with E-state index in [-0.39, 0.29) is 22.9 Å². The van der Waals surface area contributed by atoms with Crippen molar-refractivity contribution in [2.45, 2.75) is 11.8 Å². The number of para-hydroxylation sites is 2. The van der Waals surface area contributed by atoms with E-state index in [9.17, 15) is 10.5 Å². The summed E-state index contributed by atoms with van der Waals surface area (Å²) in [5.41, 5.74) is 16.1. The van der Waals surface area contributed by atoms with E-state index in [0.717, 1.165) is 0 Å². The van der Waals surface area contributed by atoms with Gasteiger partial charge in [0.15, 0.2) is 23.0 Å². The molecule has 2 aliphatic heterocycles. The summed E-state index contributed by atoms with van der Waals surface area (Å²) in [5.74, 6) is 1.70. The molecule has 44 heavy (non-hydrogen) atoms. The number of nitrogens with zero attached hydrogens (tertiary/aromatic N) is 2. The fourth-order valence-electron chi connectivity index (χ4n) is 6.16. The Hall–Kier alpha value is -6.00. The molecule has 10 nitrogen and oxygen atoms in total. The molecular formula is C34H28N4O6. The van der Waals surface area contributed by atoms with E-state index in [1.165, 1.54) is 0 Å². The zero-order valence-corrected chi connectivity index (χ0v) is 24.4. The highest BCUT2D eigenvalue weighted by Gasteiger charge is 2.37. The van der Waals surface area contributed by atoms with Crippen molar-refractivity contribution in [2.75, 3.05) is 28.4 Å². The molecule has 0 saturated heterocycles. The summed E-state index contributed by atoms with van der Waals surface area (Å²) < 4.78 is 34.8. The lowest BCUT2D eigenvalue weighted by atomic mass is 9.79. The van der Waals surface area contributed by atoms with Crippen LogP contribution in [0.1, 0.15) is 34.1 Å². The molecule has 10 heteroatoms. The van der Waals surface area contributed by atoms with Gasteiger partial charge in [-0.1, -0.05) is 48.5 Å². The largest absolute Gasteiger partial charge is 0.493 e. The molecule has 0 bridgehead atoms. The number of hydrogen-bond donors (Lipinski definition) is 2. The topological polar surface area (TPSA) is 155 Å². The van der Waals surface area contributed by atoms with Crippen molar-refractivity contribution < 1.29 is 28.4 Å². The molecule has 220 valence electrons. The first-order valence-electron chi connectivity index (χ1n) is 13.6. The number of benzene rings is 4. The van der Waals surface area contributed by atoms with Gasteiger partial charge in [-0.2, -0.15) is 10.5 Å². The lowest BCUT2D eigenvalue weighted by molar-refractivity contribution is 0.349. The van der Waals surface area contributed by atoms with Crippen LogP contribution in [0.3, 0.4) is 0 Å². The van der Waals surface area contributed by atoms with E-state index in [0.29, 0.717) is 67.5 Å². The van der Waals surface area contributed by atoms with Gasteiger partial charge in [-0.25, -0.2) is 0 Å². The van der Waals surface area contributed by atoms with Gasteiger partial charge >= 0.3 is 0 Å². The van der Waals surface area contributed by atoms with Gasteiger partial charge in [0.25, 0.3) is 0 Å². The summed E-state index contributed by atoms with van der Waals surface area (Å²) in [6.45, 7) is 0. The zero-order chi connectivity index (χ0) is 31.1. The molecule has 2 heterocycles. The van der Waals surface area contributed by atoms with E-state index in [1.54, 1.807) is 40.6 Å². The Morgan fingerprint density at radius 2 is 0.977 bits per heavy atom. The predicted octanol–water partition coefficient (Wildman–Crippen LogP) is 5.31. The van der Waals surface area contributed by atoms with Gasteiger partial charge in [-0.05, 0) is 12.1 Å². The fourth-order valence-corrected chi connectivity index (χ4v) is 6.16. The van der Waals surface area contributed by atoms with E-state index >= 15 is 0 Å². The first kappa shape index (κ1) is 28.1. The van der Waals surface area contributed by atoms with E-state index in [2.05, 4.69) is 12.1 Å². The highest BCUT2D eigenvalue weighted by atomic mass is 16.5. The Morgan fingerprint density at radius 1 is 0.568 bits per heavy atom. The summed E-state index contributed by atoms with van der Waals surface area (Å²) >= 11 is 0. The van der Waals surface area contributed by atoms with Crippen LogP contribution in [0.15, 0.2) is 83.6 Å². The second kappa shape index (κ2) is 11.0. The maximum Gasteiger partial charge on any atom is 0.205 e. The van der Waals surface area contributed by atoms with Crippen LogP contribution in [-0.2, 0) is 0 Å². The minimum absolute atomic E-state index is 0.0221. The zero-order valence-electron chi connectivity index (χ0n) is 24.4. The van der Waals surface area contributed by atoms with E-state index in [1.807, 2.05) is 48.5 Å². The number of nitrogens with two attached hydrogens (primary N) is 2. The Labute approximate surface area is 253 Å². The number of nitriles is 2. The van der Waals surface area contributed by atoms with Gasteiger partial charge in [0.2, 0.25) is 11.8 Å². The van der Waals surface area contributed by atoms with Crippen LogP contribution in [0, 0.1) is 22.7 Å². The Kier molecular flexibility index (Phi) is 7.04. The molecule has 0 spiro atoms. The average Bonchev–Trinajstić information content (AvgIpc) is 3.05. The lowest BCUT2D eigenvalue weighted by Gasteiger charge is -2.31. The van der Waals surface area contributed by atoms with Crippen LogP contribution in [0.4, 0.5) is 0 Å². The van der Waals surface area contributed by atoms with Crippen LogP contribution < -0.4 is 39.9 Å². The SMILES string of the molecule is COc1cccc(C2C(C#N)=C(N)Oc3c2ccc2c4c(ccc32)C(c2cccc(OC)c2OC)C(C#N)=C(N)O4)c1OC. The van der Waals surface area contributed by atoms with Crippen molar-refractivity contribution in [3.63, 3.8) is 0 Å². The fraction of sp³-hybridized carbons (Fsp3) is 0.176. The molecule has 2 atom stereocenters. The molecule has 0 amide bonds. The minimum Gasteiger partial charge on any atom is -0.493 e. The van der Waals surface area contributed by atoms with Gasteiger partial charge in [0.05, 0.1) is 40.3 Å². The van der Waals surface area contributed by atoms with Crippen LogP contribution in [0.5, 0.6) is 34.5 Å². The summed E-state index contributed by atoms with van der Waals surface area (Å²) in [6, 6.07) is 22.9. The third kappa shape index (κ3) is 4.08. The number of rotatable bonds is 6. The molecule has 0 aromatic heterocycles. The van der Waals surface area contributed by atoms with Crippen LogP contribution in [0.25, 0.3) is 10.8 Å². The summed E-state index contributed by atoms with van der Waals surface area (Å²) in [5, 5.41) is 21.7. The van der Waals surface area contributed by atoms with Crippen molar-refractivity contribution in [3.05, 3.63) is 106 Å². The predicted molar refractivity (Wildman–Crippen MR) is 162 cm³/mol. The quantitative estimate of drug-likeness (QED) is 0.303. The van der Waals surface area contributed by atoms with Crippen LogP contribution in [0.2, 0.25) is 0 Å². The number of fused-ring (bicyclic) bond motifs is 5. The molecular weight excluding hydrogens is 560 g/mol. The number of hydrogen-bond acceptors (Lipinski definition) is 10. The number of ether oxygens (including phenoxy) is 6. The van der Waals surface area contributed by atoms with Gasteiger partial charge in [-0.3, -0.25) is 0 Å². The van der Waals surface area contributed by atoms with E-state index < -0.39 is 11.8 Å². The third-order valence-corrected chi connectivity index (χ3v) is 8.05. The Balaban J connectivity index is 1.60. The molecule has 0 radical (unpaired) electrons. The molecule has 6 rings (SSSR count). The summed E-state index contributed by atoms with van der Waals surface area (Å²) in [7, 11) is 6.20. The molecule has 2 aliphatic rings. The highest BCUT2D eigenvalue weighted by molar-refractivity contribution is 5.97. The van der Waals surface area contributed by atoms with Gasteiger partial charge in [-0.15, -0.1) is 0 Å². The van der Waals surface area contributed by atoms with Gasteiger partial charge in [0.1, 0.15) is 34.8 Å². The number of allylic oxidation sites excluding steroid dienone is 2. The Morgan fingerprint density at radius 3 is 1.32 bits per heavy atom. The molecule has 0 saturated carbocycles. The van der Waals surface area contributed by atoms with Crippen molar-refractivity contribution in [3.8, 4) is 46.6 Å². The second-order valence-electron chi connectivity index (χ2n) is 10.1. The van der Waals surface area contributed by atoms with E-state index in [4.69, 9.17) is 39.9 Å². The second-order valence-corrected chi connectivity index (χ2v) is 10.1. The van der Waals surface area contributed by atoms with Crippen molar-refractivity contribution in [2.24, 2.45) is 11.5 Å².